The van der Waals surface area contributed by atoms with Crippen LogP contribution in [0.25, 0.3) is 10.1 Å². The molecular formula is C17H17N3O5S. The number of carbonyl (C=O) groups excluding carboxylic acids is 2. The highest BCUT2D eigenvalue weighted by atomic mass is 32.1. The van der Waals surface area contributed by atoms with Crippen LogP contribution < -0.4 is 5.32 Å². The van der Waals surface area contributed by atoms with Crippen LogP contribution in [0.5, 0.6) is 0 Å². The molecule has 1 aromatic heterocycles. The van der Waals surface area contributed by atoms with Gasteiger partial charge in [0.1, 0.15) is 10.4 Å². The maximum Gasteiger partial charge on any atom is 0.348 e. The molecule has 8 nitrogen and oxygen atoms in total. The SMILES string of the molecule is CC(C)[C@](C)(C#N)NC(=O)COC(=O)c1cc2cc([N+](=O)[O-])ccc2s1. The van der Waals surface area contributed by atoms with Gasteiger partial charge in [-0.05, 0) is 25.0 Å². The second-order valence-electron chi connectivity index (χ2n) is 6.18. The number of esters is 1. The summed E-state index contributed by atoms with van der Waals surface area (Å²) < 4.78 is 5.68. The third-order valence-electron chi connectivity index (χ3n) is 4.03. The minimum atomic E-state index is -1.06. The summed E-state index contributed by atoms with van der Waals surface area (Å²) in [4.78, 5) is 34.6. The molecule has 1 aromatic carbocycles. The number of rotatable bonds is 6. The van der Waals surface area contributed by atoms with Crippen molar-refractivity contribution in [3.05, 3.63) is 39.3 Å². The van der Waals surface area contributed by atoms with Crippen LogP contribution >= 0.6 is 11.3 Å². The van der Waals surface area contributed by atoms with Gasteiger partial charge < -0.3 is 10.1 Å². The lowest BCUT2D eigenvalue weighted by Gasteiger charge is -2.27. The summed E-state index contributed by atoms with van der Waals surface area (Å²) in [7, 11) is 0. The molecule has 2 aromatic rings. The molecule has 0 aliphatic carbocycles. The topological polar surface area (TPSA) is 122 Å². The summed E-state index contributed by atoms with van der Waals surface area (Å²) in [5.74, 6) is -1.40. The molecule has 2 rings (SSSR count). The number of thiophene rings is 1. The minimum absolute atomic E-state index is 0.0703. The van der Waals surface area contributed by atoms with Crippen LogP contribution in [-0.2, 0) is 9.53 Å². The van der Waals surface area contributed by atoms with Crippen molar-refractivity contribution in [2.75, 3.05) is 6.61 Å². The van der Waals surface area contributed by atoms with Gasteiger partial charge in [0.15, 0.2) is 6.61 Å². The van der Waals surface area contributed by atoms with E-state index in [0.717, 1.165) is 11.3 Å². The molecule has 0 aliphatic heterocycles. The van der Waals surface area contributed by atoms with E-state index in [-0.39, 0.29) is 16.5 Å². The summed E-state index contributed by atoms with van der Waals surface area (Å²) in [6.45, 7) is 4.67. The molecule has 1 amide bonds. The first-order chi connectivity index (χ1) is 12.2. The van der Waals surface area contributed by atoms with Gasteiger partial charge >= 0.3 is 5.97 Å². The Morgan fingerprint density at radius 1 is 1.42 bits per heavy atom. The second-order valence-corrected chi connectivity index (χ2v) is 7.27. The zero-order valence-corrected chi connectivity index (χ0v) is 15.3. The van der Waals surface area contributed by atoms with Crippen LogP contribution in [-0.4, -0.2) is 28.9 Å². The lowest BCUT2D eigenvalue weighted by atomic mass is 9.90. The molecule has 0 spiro atoms. The predicted molar refractivity (Wildman–Crippen MR) is 95.8 cm³/mol. The highest BCUT2D eigenvalue weighted by Crippen LogP contribution is 2.29. The molecule has 1 heterocycles. The summed E-state index contributed by atoms with van der Waals surface area (Å²) in [6.07, 6.45) is 0. The molecule has 0 aliphatic rings. The molecule has 0 radical (unpaired) electrons. The Hall–Kier alpha value is -2.99. The largest absolute Gasteiger partial charge is 0.451 e. The van der Waals surface area contributed by atoms with Crippen LogP contribution in [0.3, 0.4) is 0 Å². The number of nitrogens with zero attached hydrogens (tertiary/aromatic N) is 2. The van der Waals surface area contributed by atoms with Crippen LogP contribution in [0.2, 0.25) is 0 Å². The number of nitrogens with one attached hydrogen (secondary N) is 1. The number of hydrogen-bond donors (Lipinski definition) is 1. The van der Waals surface area contributed by atoms with Crippen molar-refractivity contribution >= 4 is 39.0 Å². The number of amides is 1. The van der Waals surface area contributed by atoms with Gasteiger partial charge in [0.05, 0.1) is 11.0 Å². The number of nitriles is 1. The number of hydrogen-bond acceptors (Lipinski definition) is 7. The summed E-state index contributed by atoms with van der Waals surface area (Å²) in [5.41, 5.74) is -1.13. The fourth-order valence-corrected chi connectivity index (χ4v) is 3.01. The maximum absolute atomic E-state index is 12.1. The van der Waals surface area contributed by atoms with Crippen molar-refractivity contribution in [2.45, 2.75) is 26.3 Å². The fourth-order valence-electron chi connectivity index (χ4n) is 2.07. The quantitative estimate of drug-likeness (QED) is 0.470. The van der Waals surface area contributed by atoms with E-state index in [0.29, 0.717) is 10.1 Å². The zero-order chi connectivity index (χ0) is 19.5. The lowest BCUT2D eigenvalue weighted by molar-refractivity contribution is -0.384. The number of nitro benzene ring substituents is 1. The highest BCUT2D eigenvalue weighted by molar-refractivity contribution is 7.20. The van der Waals surface area contributed by atoms with Gasteiger partial charge in [0, 0.05) is 22.2 Å². The van der Waals surface area contributed by atoms with Crippen molar-refractivity contribution in [3.63, 3.8) is 0 Å². The number of ether oxygens (including phenoxy) is 1. The van der Waals surface area contributed by atoms with E-state index in [1.807, 2.05) is 6.07 Å². The first-order valence-corrected chi connectivity index (χ1v) is 8.55. The molecule has 0 saturated carbocycles. The summed E-state index contributed by atoms with van der Waals surface area (Å²) >= 11 is 1.12. The van der Waals surface area contributed by atoms with E-state index in [1.165, 1.54) is 18.2 Å². The van der Waals surface area contributed by atoms with Crippen LogP contribution in [0.15, 0.2) is 24.3 Å². The lowest BCUT2D eigenvalue weighted by Crippen LogP contribution is -2.50. The van der Waals surface area contributed by atoms with E-state index in [2.05, 4.69) is 5.32 Å². The zero-order valence-electron chi connectivity index (χ0n) is 14.4. The van der Waals surface area contributed by atoms with Crippen LogP contribution in [0.1, 0.15) is 30.4 Å². The normalized spacial score (nSPS) is 13.0. The van der Waals surface area contributed by atoms with Gasteiger partial charge in [-0.2, -0.15) is 5.26 Å². The smallest absolute Gasteiger partial charge is 0.348 e. The first-order valence-electron chi connectivity index (χ1n) is 7.73. The third-order valence-corrected chi connectivity index (χ3v) is 5.13. The maximum atomic E-state index is 12.1. The van der Waals surface area contributed by atoms with Crippen molar-refractivity contribution in [1.82, 2.24) is 5.32 Å². The fraction of sp³-hybridized carbons (Fsp3) is 0.353. The van der Waals surface area contributed by atoms with Gasteiger partial charge in [0.25, 0.3) is 11.6 Å². The molecular weight excluding hydrogens is 358 g/mol. The molecule has 0 unspecified atom stereocenters. The average molecular weight is 375 g/mol. The van der Waals surface area contributed by atoms with Crippen LogP contribution in [0, 0.1) is 27.4 Å². The van der Waals surface area contributed by atoms with E-state index in [4.69, 9.17) is 4.74 Å². The average Bonchev–Trinajstić information content (AvgIpc) is 3.02. The molecule has 1 N–H and O–H groups in total. The third kappa shape index (κ3) is 4.15. The van der Waals surface area contributed by atoms with E-state index < -0.39 is 28.9 Å². The van der Waals surface area contributed by atoms with Gasteiger partial charge in [-0.15, -0.1) is 11.3 Å². The van der Waals surface area contributed by atoms with Crippen molar-refractivity contribution < 1.29 is 19.2 Å². The number of nitro groups is 1. The second kappa shape index (κ2) is 7.49. The van der Waals surface area contributed by atoms with Gasteiger partial charge in [0.2, 0.25) is 0 Å². The number of benzene rings is 1. The van der Waals surface area contributed by atoms with Gasteiger partial charge in [-0.1, -0.05) is 13.8 Å². The van der Waals surface area contributed by atoms with Crippen molar-refractivity contribution in [2.24, 2.45) is 5.92 Å². The Morgan fingerprint density at radius 2 is 2.12 bits per heavy atom. The van der Waals surface area contributed by atoms with Crippen molar-refractivity contribution in [1.29, 1.82) is 5.26 Å². The Balaban J connectivity index is 2.04. The Bertz CT molecular complexity index is 915. The highest BCUT2D eigenvalue weighted by Gasteiger charge is 2.30. The number of carbonyl (C=O) groups is 2. The molecule has 0 fully saturated rings. The van der Waals surface area contributed by atoms with Crippen molar-refractivity contribution in [3.8, 4) is 6.07 Å². The van der Waals surface area contributed by atoms with E-state index in [1.54, 1.807) is 26.8 Å². The molecule has 26 heavy (non-hydrogen) atoms. The van der Waals surface area contributed by atoms with Gasteiger partial charge in [-0.25, -0.2) is 4.79 Å². The standard InChI is InChI=1S/C17H17N3O5S/c1-10(2)17(3,9-18)19-15(21)8-25-16(22)14-7-11-6-12(20(23)24)4-5-13(11)26-14/h4-7,10H,8H2,1-3H3,(H,19,21)/t17-/m0/s1. The Kier molecular flexibility index (Phi) is 5.57. The minimum Gasteiger partial charge on any atom is -0.451 e. The summed E-state index contributed by atoms with van der Waals surface area (Å²) in [6, 6.07) is 7.81. The summed E-state index contributed by atoms with van der Waals surface area (Å²) in [5, 5.41) is 23.1. The number of non-ortho nitro benzene ring substituents is 1. The van der Waals surface area contributed by atoms with E-state index >= 15 is 0 Å². The van der Waals surface area contributed by atoms with Gasteiger partial charge in [-0.3, -0.25) is 14.9 Å². The Labute approximate surface area is 153 Å². The van der Waals surface area contributed by atoms with Crippen LogP contribution in [0.4, 0.5) is 5.69 Å². The van der Waals surface area contributed by atoms with E-state index in [9.17, 15) is 25.0 Å². The monoisotopic (exact) mass is 375 g/mol. The first kappa shape index (κ1) is 19.3. The molecule has 0 saturated heterocycles. The predicted octanol–water partition coefficient (Wildman–Crippen LogP) is 3.02. The molecule has 0 bridgehead atoms. The molecule has 1 atom stereocenters. The molecule has 136 valence electrons. The Morgan fingerprint density at radius 3 is 2.69 bits per heavy atom. The molecule has 9 heteroatoms. The number of fused-ring (bicyclic) bond motifs is 1.